The molecule has 0 bridgehead atoms. The predicted molar refractivity (Wildman–Crippen MR) is 85.8 cm³/mol. The molecule has 7 heteroatoms. The van der Waals surface area contributed by atoms with Crippen LogP contribution in [0.3, 0.4) is 0 Å². The first-order valence-electron chi connectivity index (χ1n) is 7.40. The monoisotopic (exact) mass is 329 g/mol. The molecule has 6 nitrogen and oxygen atoms in total. The molecule has 0 saturated carbocycles. The van der Waals surface area contributed by atoms with Crippen LogP contribution in [0.1, 0.15) is 6.42 Å². The number of nitrogens with one attached hydrogen (secondary N) is 1. The van der Waals surface area contributed by atoms with E-state index in [0.717, 1.165) is 0 Å². The lowest BCUT2D eigenvalue weighted by Crippen LogP contribution is -2.17. The van der Waals surface area contributed by atoms with Gasteiger partial charge >= 0.3 is 0 Å². The molecule has 1 aromatic carbocycles. The Labute approximate surface area is 138 Å². The van der Waals surface area contributed by atoms with E-state index in [9.17, 15) is 9.18 Å². The molecular weight excluding hydrogens is 313 g/mol. The molecule has 1 atom stereocenters. The van der Waals surface area contributed by atoms with E-state index in [1.165, 1.54) is 31.6 Å². The van der Waals surface area contributed by atoms with Gasteiger partial charge < -0.3 is 14.8 Å². The summed E-state index contributed by atoms with van der Waals surface area (Å²) in [6.45, 7) is 0.503. The molecule has 1 aliphatic heterocycles. The Balaban J connectivity index is 1.78. The summed E-state index contributed by atoms with van der Waals surface area (Å²) in [5, 5.41) is 2.72. The number of ether oxygens (including phenoxy) is 2. The molecule has 0 fully saturated rings. The minimum absolute atomic E-state index is 0.0645. The van der Waals surface area contributed by atoms with Gasteiger partial charge in [0.15, 0.2) is 0 Å². The first kappa shape index (κ1) is 15.9. The van der Waals surface area contributed by atoms with Crippen LogP contribution in [0, 0.1) is 11.7 Å². The van der Waals surface area contributed by atoms with Gasteiger partial charge in [0.05, 0.1) is 25.7 Å². The second-order valence-corrected chi connectivity index (χ2v) is 5.31. The van der Waals surface area contributed by atoms with Gasteiger partial charge in [0.1, 0.15) is 23.7 Å². The number of hydrogen-bond donors (Lipinski definition) is 1. The van der Waals surface area contributed by atoms with Crippen LogP contribution in [0.15, 0.2) is 42.9 Å². The minimum atomic E-state index is -0.400. The number of benzene rings is 1. The van der Waals surface area contributed by atoms with E-state index >= 15 is 0 Å². The van der Waals surface area contributed by atoms with Crippen molar-refractivity contribution in [3.05, 3.63) is 48.7 Å². The van der Waals surface area contributed by atoms with Crippen LogP contribution >= 0.6 is 0 Å². The van der Waals surface area contributed by atoms with Crippen molar-refractivity contribution < 1.29 is 18.7 Å². The van der Waals surface area contributed by atoms with Crippen LogP contribution in [0.5, 0.6) is 5.75 Å². The number of methoxy groups -OCH3 is 1. The standard InChI is InChI=1S/C17H16FN3O3/c1-23-15-3-2-12(18)7-13(15)14-8-16(20-10-19-14)21-17(22)6-11-4-5-24-9-11/h2-5,7-8,10-11H,6,9H2,1H3,(H,19,20,21,22). The van der Waals surface area contributed by atoms with Gasteiger partial charge in [-0.25, -0.2) is 14.4 Å². The third-order valence-corrected chi connectivity index (χ3v) is 3.58. The lowest BCUT2D eigenvalue weighted by molar-refractivity contribution is -0.116. The Morgan fingerprint density at radius 3 is 3.04 bits per heavy atom. The van der Waals surface area contributed by atoms with Crippen molar-refractivity contribution in [1.29, 1.82) is 0 Å². The average Bonchev–Trinajstić information content (AvgIpc) is 3.08. The fraction of sp³-hybridized carbons (Fsp3) is 0.235. The summed E-state index contributed by atoms with van der Waals surface area (Å²) in [5.41, 5.74) is 0.947. The summed E-state index contributed by atoms with van der Waals surface area (Å²) in [5.74, 6) is 0.323. The van der Waals surface area contributed by atoms with Gasteiger partial charge in [-0.1, -0.05) is 0 Å². The molecule has 0 spiro atoms. The summed E-state index contributed by atoms with van der Waals surface area (Å²) in [4.78, 5) is 20.2. The maximum absolute atomic E-state index is 13.5. The fourth-order valence-corrected chi connectivity index (χ4v) is 2.41. The van der Waals surface area contributed by atoms with E-state index in [-0.39, 0.29) is 11.8 Å². The highest BCUT2D eigenvalue weighted by Gasteiger charge is 2.16. The molecule has 0 aliphatic carbocycles. The molecule has 2 heterocycles. The van der Waals surface area contributed by atoms with Gasteiger partial charge in [0, 0.05) is 24.0 Å². The number of nitrogens with zero attached hydrogens (tertiary/aromatic N) is 2. The Kier molecular flexibility index (Phi) is 4.69. The topological polar surface area (TPSA) is 73.3 Å². The number of rotatable bonds is 5. The number of aromatic nitrogens is 2. The number of hydrogen-bond acceptors (Lipinski definition) is 5. The summed E-state index contributed by atoms with van der Waals surface area (Å²) in [6.07, 6.45) is 5.06. The first-order valence-corrected chi connectivity index (χ1v) is 7.40. The largest absolute Gasteiger partial charge is 0.501 e. The molecule has 1 N–H and O–H groups in total. The van der Waals surface area contributed by atoms with Crippen LogP contribution in [0.4, 0.5) is 10.2 Å². The normalized spacial score (nSPS) is 15.8. The Morgan fingerprint density at radius 1 is 1.42 bits per heavy atom. The molecule has 2 aromatic rings. The smallest absolute Gasteiger partial charge is 0.226 e. The third kappa shape index (κ3) is 3.68. The van der Waals surface area contributed by atoms with E-state index in [1.807, 2.05) is 6.08 Å². The van der Waals surface area contributed by atoms with Crippen LogP contribution in [-0.4, -0.2) is 29.6 Å². The number of carbonyl (C=O) groups excluding carboxylic acids is 1. The molecule has 24 heavy (non-hydrogen) atoms. The van der Waals surface area contributed by atoms with Crippen molar-refractivity contribution in [2.24, 2.45) is 5.92 Å². The van der Waals surface area contributed by atoms with Gasteiger partial charge in [-0.15, -0.1) is 0 Å². The van der Waals surface area contributed by atoms with Crippen molar-refractivity contribution in [3.8, 4) is 17.0 Å². The maximum Gasteiger partial charge on any atom is 0.226 e. The third-order valence-electron chi connectivity index (χ3n) is 3.58. The summed E-state index contributed by atoms with van der Waals surface area (Å²) in [7, 11) is 1.50. The summed E-state index contributed by atoms with van der Waals surface area (Å²) in [6, 6.07) is 5.74. The van der Waals surface area contributed by atoms with Gasteiger partial charge in [-0.3, -0.25) is 4.79 Å². The van der Waals surface area contributed by atoms with Gasteiger partial charge in [-0.05, 0) is 24.3 Å². The first-order chi connectivity index (χ1) is 11.7. The van der Waals surface area contributed by atoms with Crippen LogP contribution in [-0.2, 0) is 9.53 Å². The van der Waals surface area contributed by atoms with E-state index < -0.39 is 5.82 Å². The van der Waals surface area contributed by atoms with Crippen molar-refractivity contribution in [1.82, 2.24) is 9.97 Å². The predicted octanol–water partition coefficient (Wildman–Crippen LogP) is 2.78. The highest BCUT2D eigenvalue weighted by molar-refractivity contribution is 5.90. The maximum atomic E-state index is 13.5. The van der Waals surface area contributed by atoms with E-state index in [1.54, 1.807) is 12.3 Å². The van der Waals surface area contributed by atoms with Crippen molar-refractivity contribution in [2.75, 3.05) is 19.0 Å². The Bertz CT molecular complexity index is 779. The molecule has 124 valence electrons. The Morgan fingerprint density at radius 2 is 2.29 bits per heavy atom. The highest BCUT2D eigenvalue weighted by atomic mass is 19.1. The lowest BCUT2D eigenvalue weighted by atomic mass is 10.1. The second-order valence-electron chi connectivity index (χ2n) is 5.31. The van der Waals surface area contributed by atoms with Crippen molar-refractivity contribution in [3.63, 3.8) is 0 Å². The molecule has 0 radical (unpaired) electrons. The van der Waals surface area contributed by atoms with E-state index in [4.69, 9.17) is 9.47 Å². The van der Waals surface area contributed by atoms with Crippen LogP contribution in [0.25, 0.3) is 11.3 Å². The number of amides is 1. The molecular formula is C17H16FN3O3. The fourth-order valence-electron chi connectivity index (χ4n) is 2.41. The number of anilines is 1. The molecule has 1 aromatic heterocycles. The molecule has 1 aliphatic rings. The van der Waals surface area contributed by atoms with Crippen molar-refractivity contribution in [2.45, 2.75) is 6.42 Å². The summed E-state index contributed by atoms with van der Waals surface area (Å²) >= 11 is 0. The summed E-state index contributed by atoms with van der Waals surface area (Å²) < 4.78 is 23.8. The molecule has 1 unspecified atom stereocenters. The van der Waals surface area contributed by atoms with Gasteiger partial charge in [0.25, 0.3) is 0 Å². The SMILES string of the molecule is COc1ccc(F)cc1-c1cc(NC(=O)CC2C=COC2)ncn1. The molecule has 0 saturated heterocycles. The average molecular weight is 329 g/mol. The second kappa shape index (κ2) is 7.08. The number of halogens is 1. The zero-order chi connectivity index (χ0) is 16.9. The van der Waals surface area contributed by atoms with Gasteiger partial charge in [0.2, 0.25) is 5.91 Å². The zero-order valence-electron chi connectivity index (χ0n) is 13.0. The van der Waals surface area contributed by atoms with E-state index in [0.29, 0.717) is 35.9 Å². The quantitative estimate of drug-likeness (QED) is 0.913. The van der Waals surface area contributed by atoms with Gasteiger partial charge in [-0.2, -0.15) is 0 Å². The molecule has 1 amide bonds. The highest BCUT2D eigenvalue weighted by Crippen LogP contribution is 2.30. The Hall–Kier alpha value is -2.96. The van der Waals surface area contributed by atoms with Crippen molar-refractivity contribution >= 4 is 11.7 Å². The zero-order valence-corrected chi connectivity index (χ0v) is 13.0. The van der Waals surface area contributed by atoms with E-state index in [2.05, 4.69) is 15.3 Å². The minimum Gasteiger partial charge on any atom is -0.501 e. The van der Waals surface area contributed by atoms with Crippen LogP contribution < -0.4 is 10.1 Å². The lowest BCUT2D eigenvalue weighted by Gasteiger charge is -2.10. The molecule has 3 rings (SSSR count). The number of carbonyl (C=O) groups is 1. The van der Waals surface area contributed by atoms with Crippen LogP contribution in [0.2, 0.25) is 0 Å².